The van der Waals surface area contributed by atoms with Gasteiger partial charge in [-0.25, -0.2) is 4.98 Å². The van der Waals surface area contributed by atoms with Gasteiger partial charge in [-0.15, -0.1) is 11.3 Å². The van der Waals surface area contributed by atoms with Gasteiger partial charge in [0, 0.05) is 13.0 Å². The maximum atomic E-state index is 5.51. The van der Waals surface area contributed by atoms with Crippen LogP contribution in [0, 0.1) is 5.92 Å². The molecule has 12 heavy (non-hydrogen) atoms. The average Bonchev–Trinajstić information content (AvgIpc) is 2.29. The van der Waals surface area contributed by atoms with Crippen LogP contribution in [0.4, 0.5) is 0 Å². The topological polar surface area (TPSA) is 38.9 Å². The molecule has 0 spiro atoms. The fourth-order valence-electron chi connectivity index (χ4n) is 0.942. The van der Waals surface area contributed by atoms with Crippen molar-refractivity contribution in [2.45, 2.75) is 26.8 Å². The van der Waals surface area contributed by atoms with Crippen LogP contribution in [0.1, 0.15) is 24.5 Å². The number of halogens is 1. The molecule has 0 bridgehead atoms. The van der Waals surface area contributed by atoms with Crippen molar-refractivity contribution in [2.75, 3.05) is 0 Å². The molecule has 0 saturated carbocycles. The van der Waals surface area contributed by atoms with Gasteiger partial charge >= 0.3 is 0 Å². The highest BCUT2D eigenvalue weighted by atomic mass is 79.9. The summed E-state index contributed by atoms with van der Waals surface area (Å²) in [4.78, 5) is 4.42. The maximum absolute atomic E-state index is 5.51. The predicted molar refractivity (Wildman–Crippen MR) is 56.2 cm³/mol. The fraction of sp³-hybridized carbons (Fsp3) is 0.625. The molecular weight excluding hydrogens is 236 g/mol. The number of hydrogen-bond donors (Lipinski definition) is 1. The van der Waals surface area contributed by atoms with E-state index in [9.17, 15) is 0 Å². The van der Waals surface area contributed by atoms with E-state index in [2.05, 4.69) is 34.8 Å². The normalized spacial score (nSPS) is 11.1. The Morgan fingerprint density at radius 2 is 2.25 bits per heavy atom. The van der Waals surface area contributed by atoms with Crippen molar-refractivity contribution in [1.29, 1.82) is 0 Å². The van der Waals surface area contributed by atoms with Crippen molar-refractivity contribution in [3.05, 3.63) is 14.5 Å². The van der Waals surface area contributed by atoms with E-state index in [-0.39, 0.29) is 0 Å². The molecule has 4 heteroatoms. The van der Waals surface area contributed by atoms with Crippen LogP contribution in [-0.4, -0.2) is 4.98 Å². The molecule has 2 N–H and O–H groups in total. The minimum atomic E-state index is 0.523. The lowest BCUT2D eigenvalue weighted by atomic mass is 10.1. The quantitative estimate of drug-likeness (QED) is 0.894. The summed E-state index contributed by atoms with van der Waals surface area (Å²) >= 11 is 5.14. The highest BCUT2D eigenvalue weighted by Crippen LogP contribution is 2.25. The fourth-order valence-corrected chi connectivity index (χ4v) is 2.78. The van der Waals surface area contributed by atoms with Crippen LogP contribution in [0.3, 0.4) is 0 Å². The molecule has 1 rings (SSSR count). The van der Waals surface area contributed by atoms with E-state index in [1.165, 1.54) is 5.01 Å². The molecule has 0 unspecified atom stereocenters. The van der Waals surface area contributed by atoms with Gasteiger partial charge in [0.05, 0.1) is 14.5 Å². The van der Waals surface area contributed by atoms with E-state index in [4.69, 9.17) is 5.73 Å². The second-order valence-corrected chi connectivity index (χ2v) is 5.53. The van der Waals surface area contributed by atoms with Crippen LogP contribution < -0.4 is 5.73 Å². The average molecular weight is 249 g/mol. The van der Waals surface area contributed by atoms with Crippen LogP contribution in [0.25, 0.3) is 0 Å². The van der Waals surface area contributed by atoms with Crippen molar-refractivity contribution in [2.24, 2.45) is 11.7 Å². The van der Waals surface area contributed by atoms with Crippen molar-refractivity contribution in [1.82, 2.24) is 4.98 Å². The van der Waals surface area contributed by atoms with E-state index in [0.29, 0.717) is 12.5 Å². The lowest BCUT2D eigenvalue weighted by Crippen LogP contribution is -1.98. The molecule has 0 atom stereocenters. The van der Waals surface area contributed by atoms with Crippen LogP contribution in [-0.2, 0) is 13.0 Å². The molecule has 1 heterocycles. The van der Waals surface area contributed by atoms with Gasteiger partial charge in [-0.3, -0.25) is 0 Å². The van der Waals surface area contributed by atoms with Gasteiger partial charge in [0.2, 0.25) is 0 Å². The molecule has 0 fully saturated rings. The van der Waals surface area contributed by atoms with E-state index >= 15 is 0 Å². The molecule has 0 saturated heterocycles. The van der Waals surface area contributed by atoms with Gasteiger partial charge in [-0.05, 0) is 21.8 Å². The van der Waals surface area contributed by atoms with E-state index in [1.807, 2.05) is 0 Å². The Balaban J connectivity index is 2.75. The van der Waals surface area contributed by atoms with E-state index in [0.717, 1.165) is 15.9 Å². The number of nitrogens with two attached hydrogens (primary N) is 1. The number of thiazole rings is 1. The summed E-state index contributed by atoms with van der Waals surface area (Å²) in [6.45, 7) is 4.91. The van der Waals surface area contributed by atoms with Gasteiger partial charge < -0.3 is 5.73 Å². The third-order valence-corrected chi connectivity index (χ3v) is 3.32. The summed E-state index contributed by atoms with van der Waals surface area (Å²) in [5.74, 6) is 0.661. The van der Waals surface area contributed by atoms with E-state index < -0.39 is 0 Å². The van der Waals surface area contributed by atoms with Gasteiger partial charge in [-0.2, -0.15) is 0 Å². The summed E-state index contributed by atoms with van der Waals surface area (Å²) in [5, 5.41) is 1.18. The lowest BCUT2D eigenvalue weighted by molar-refractivity contribution is 0.643. The Bertz CT molecular complexity index is 258. The Morgan fingerprint density at radius 1 is 1.58 bits per heavy atom. The second-order valence-electron chi connectivity index (χ2n) is 3.13. The largest absolute Gasteiger partial charge is 0.325 e. The molecular formula is C8H13BrN2S. The molecule has 1 aromatic rings. The first-order valence-corrected chi connectivity index (χ1v) is 5.58. The van der Waals surface area contributed by atoms with Gasteiger partial charge in [0.25, 0.3) is 0 Å². The zero-order valence-corrected chi connectivity index (χ0v) is 9.70. The molecule has 0 radical (unpaired) electrons. The van der Waals surface area contributed by atoms with E-state index in [1.54, 1.807) is 11.3 Å². The maximum Gasteiger partial charge on any atom is 0.0945 e. The summed E-state index contributed by atoms with van der Waals surface area (Å²) in [7, 11) is 0. The number of nitrogens with zero attached hydrogens (tertiary/aromatic N) is 1. The van der Waals surface area contributed by atoms with Crippen molar-refractivity contribution in [3.8, 4) is 0 Å². The summed E-state index contributed by atoms with van der Waals surface area (Å²) in [6, 6.07) is 0. The van der Waals surface area contributed by atoms with Gasteiger partial charge in [0.1, 0.15) is 0 Å². The highest BCUT2D eigenvalue weighted by Gasteiger charge is 2.08. The number of aromatic nitrogens is 1. The lowest BCUT2D eigenvalue weighted by Gasteiger charge is -1.97. The minimum absolute atomic E-state index is 0.523. The third kappa shape index (κ3) is 2.54. The SMILES string of the molecule is CC(C)Cc1nc(CN)c(Br)s1. The molecule has 0 aliphatic heterocycles. The molecule has 68 valence electrons. The summed E-state index contributed by atoms with van der Waals surface area (Å²) in [6.07, 6.45) is 1.04. The Hall–Kier alpha value is 0.0700. The Morgan fingerprint density at radius 3 is 2.67 bits per heavy atom. The Labute approximate surface area is 85.3 Å². The van der Waals surface area contributed by atoms with Crippen LogP contribution >= 0.6 is 27.3 Å². The second kappa shape index (κ2) is 4.35. The third-order valence-electron chi connectivity index (χ3n) is 1.47. The molecule has 0 aliphatic rings. The smallest absolute Gasteiger partial charge is 0.0945 e. The monoisotopic (exact) mass is 248 g/mol. The highest BCUT2D eigenvalue weighted by molar-refractivity contribution is 9.11. The standard InChI is InChI=1S/C8H13BrN2S/c1-5(2)3-7-11-6(4-10)8(9)12-7/h5H,3-4,10H2,1-2H3. The van der Waals surface area contributed by atoms with Crippen molar-refractivity contribution >= 4 is 27.3 Å². The first-order chi connectivity index (χ1) is 5.63. The molecule has 2 nitrogen and oxygen atoms in total. The number of rotatable bonds is 3. The zero-order chi connectivity index (χ0) is 9.14. The summed E-state index contributed by atoms with van der Waals surface area (Å²) < 4.78 is 1.08. The molecule has 0 amide bonds. The van der Waals surface area contributed by atoms with Gasteiger partial charge in [-0.1, -0.05) is 13.8 Å². The first kappa shape index (κ1) is 10.2. The molecule has 0 aromatic carbocycles. The Kier molecular flexibility index (Phi) is 3.68. The van der Waals surface area contributed by atoms with Gasteiger partial charge in [0.15, 0.2) is 0 Å². The molecule has 1 aromatic heterocycles. The van der Waals surface area contributed by atoms with Crippen LogP contribution in [0.5, 0.6) is 0 Å². The van der Waals surface area contributed by atoms with Crippen molar-refractivity contribution < 1.29 is 0 Å². The van der Waals surface area contributed by atoms with Crippen LogP contribution in [0.15, 0.2) is 3.79 Å². The number of hydrogen-bond acceptors (Lipinski definition) is 3. The molecule has 0 aliphatic carbocycles. The minimum Gasteiger partial charge on any atom is -0.325 e. The summed E-state index contributed by atoms with van der Waals surface area (Å²) in [5.41, 5.74) is 6.49. The van der Waals surface area contributed by atoms with Crippen LogP contribution in [0.2, 0.25) is 0 Å². The zero-order valence-electron chi connectivity index (χ0n) is 7.30. The van der Waals surface area contributed by atoms with Crippen molar-refractivity contribution in [3.63, 3.8) is 0 Å². The predicted octanol–water partition coefficient (Wildman–Crippen LogP) is 2.56. The first-order valence-electron chi connectivity index (χ1n) is 3.97.